The van der Waals surface area contributed by atoms with Crippen LogP contribution >= 0.6 is 15.9 Å². The third kappa shape index (κ3) is 4.09. The summed E-state index contributed by atoms with van der Waals surface area (Å²) < 4.78 is 5.83. The molecule has 1 unspecified atom stereocenters. The number of rotatable bonds is 5. The molecule has 0 heterocycles. The summed E-state index contributed by atoms with van der Waals surface area (Å²) in [6.45, 7) is 0.839. The fraction of sp³-hybridized carbons (Fsp3) is 0.400. The van der Waals surface area contributed by atoms with Crippen molar-refractivity contribution in [3.63, 3.8) is 0 Å². The second-order valence-electron chi connectivity index (χ2n) is 3.00. The predicted octanol–water partition coefficient (Wildman–Crippen LogP) is 1.87. The number of hydrogen-bond donors (Lipinski definition) is 2. The molecule has 0 bridgehead atoms. The number of aliphatic hydroxyl groups is 1. The monoisotopic (exact) mass is 259 g/mol. The fourth-order valence-electron chi connectivity index (χ4n) is 1.09. The minimum Gasteiger partial charge on any atom is -0.389 e. The molecular formula is C10H14BrNO2. The van der Waals surface area contributed by atoms with Gasteiger partial charge in [-0.15, -0.1) is 0 Å². The first-order valence-corrected chi connectivity index (χ1v) is 5.18. The summed E-state index contributed by atoms with van der Waals surface area (Å²) in [5, 5.41) is 12.5. The summed E-state index contributed by atoms with van der Waals surface area (Å²) in [6, 6.07) is 7.80. The van der Waals surface area contributed by atoms with Crippen molar-refractivity contribution in [2.24, 2.45) is 0 Å². The molecule has 0 fully saturated rings. The van der Waals surface area contributed by atoms with Gasteiger partial charge in [0.2, 0.25) is 0 Å². The lowest BCUT2D eigenvalue weighted by Gasteiger charge is -2.11. The molecule has 2 N–H and O–H groups in total. The highest BCUT2D eigenvalue weighted by Gasteiger charge is 2.02. The summed E-state index contributed by atoms with van der Waals surface area (Å²) in [5.74, 6) is 0. The Kier molecular flexibility index (Phi) is 4.93. The van der Waals surface area contributed by atoms with Crippen LogP contribution in [-0.4, -0.2) is 31.5 Å². The molecule has 1 aromatic carbocycles. The molecule has 3 nitrogen and oxygen atoms in total. The highest BCUT2D eigenvalue weighted by atomic mass is 79.9. The Morgan fingerprint density at radius 1 is 1.57 bits per heavy atom. The quantitative estimate of drug-likeness (QED) is 0.849. The van der Waals surface area contributed by atoms with Crippen LogP contribution < -0.4 is 5.32 Å². The van der Waals surface area contributed by atoms with E-state index in [1.54, 1.807) is 7.11 Å². The summed E-state index contributed by atoms with van der Waals surface area (Å²) in [6.07, 6.45) is -0.473. The van der Waals surface area contributed by atoms with Crippen molar-refractivity contribution in [2.45, 2.75) is 6.10 Å². The molecule has 0 amide bonds. The van der Waals surface area contributed by atoms with Crippen molar-refractivity contribution in [1.82, 2.24) is 0 Å². The second-order valence-corrected chi connectivity index (χ2v) is 3.92. The second kappa shape index (κ2) is 6.01. The van der Waals surface area contributed by atoms with Crippen LogP contribution in [0.3, 0.4) is 0 Å². The Morgan fingerprint density at radius 2 is 2.36 bits per heavy atom. The largest absolute Gasteiger partial charge is 0.389 e. The Hall–Kier alpha value is -0.580. The fourth-order valence-corrected chi connectivity index (χ4v) is 1.48. The maximum Gasteiger partial charge on any atom is 0.0945 e. The minimum atomic E-state index is -0.473. The summed E-state index contributed by atoms with van der Waals surface area (Å²) in [4.78, 5) is 0. The average molecular weight is 260 g/mol. The van der Waals surface area contributed by atoms with E-state index < -0.39 is 6.10 Å². The molecule has 1 atom stereocenters. The van der Waals surface area contributed by atoms with E-state index in [1.807, 2.05) is 24.3 Å². The first kappa shape index (κ1) is 11.5. The number of halogens is 1. The molecule has 1 aromatic rings. The molecule has 0 radical (unpaired) electrons. The van der Waals surface area contributed by atoms with Gasteiger partial charge in [-0.3, -0.25) is 0 Å². The number of nitrogens with one attached hydrogen (secondary N) is 1. The molecule has 0 aliphatic heterocycles. The molecule has 4 heteroatoms. The van der Waals surface area contributed by atoms with Crippen LogP contribution in [0.15, 0.2) is 28.7 Å². The van der Waals surface area contributed by atoms with E-state index in [2.05, 4.69) is 21.2 Å². The van der Waals surface area contributed by atoms with Gasteiger partial charge in [-0.2, -0.15) is 0 Å². The maximum atomic E-state index is 9.38. The van der Waals surface area contributed by atoms with Crippen LogP contribution in [0.2, 0.25) is 0 Å². The van der Waals surface area contributed by atoms with Crippen LogP contribution in [-0.2, 0) is 4.74 Å². The van der Waals surface area contributed by atoms with Gasteiger partial charge in [-0.1, -0.05) is 22.0 Å². The zero-order chi connectivity index (χ0) is 10.4. The molecule has 0 aromatic heterocycles. The van der Waals surface area contributed by atoms with Crippen molar-refractivity contribution in [1.29, 1.82) is 0 Å². The predicted molar refractivity (Wildman–Crippen MR) is 60.5 cm³/mol. The van der Waals surface area contributed by atoms with Crippen molar-refractivity contribution in [2.75, 3.05) is 25.6 Å². The first-order chi connectivity index (χ1) is 6.72. The zero-order valence-electron chi connectivity index (χ0n) is 8.03. The van der Waals surface area contributed by atoms with Crippen LogP contribution in [0.1, 0.15) is 0 Å². The maximum absolute atomic E-state index is 9.38. The topological polar surface area (TPSA) is 41.5 Å². The molecule has 0 aliphatic carbocycles. The highest BCUT2D eigenvalue weighted by molar-refractivity contribution is 9.10. The Morgan fingerprint density at radius 3 is 3.00 bits per heavy atom. The van der Waals surface area contributed by atoms with Crippen LogP contribution in [0.5, 0.6) is 0 Å². The van der Waals surface area contributed by atoms with Gasteiger partial charge >= 0.3 is 0 Å². The van der Waals surface area contributed by atoms with Crippen LogP contribution in [0, 0.1) is 0 Å². The molecule has 0 aliphatic rings. The summed E-state index contributed by atoms with van der Waals surface area (Å²) in [7, 11) is 1.57. The Labute approximate surface area is 92.2 Å². The van der Waals surface area contributed by atoms with Gasteiger partial charge in [-0.25, -0.2) is 0 Å². The minimum absolute atomic E-state index is 0.348. The van der Waals surface area contributed by atoms with Gasteiger partial charge in [0.1, 0.15) is 0 Å². The van der Waals surface area contributed by atoms with Gasteiger partial charge < -0.3 is 15.2 Å². The standard InChI is InChI=1S/C10H14BrNO2/c1-14-7-10(13)6-12-9-4-2-3-8(11)5-9/h2-5,10,12-13H,6-7H2,1H3. The van der Waals surface area contributed by atoms with Gasteiger partial charge in [0.25, 0.3) is 0 Å². The normalized spacial score (nSPS) is 12.5. The number of benzene rings is 1. The third-order valence-corrected chi connectivity index (χ3v) is 2.22. The Bertz CT molecular complexity index is 281. The number of aliphatic hydroxyl groups excluding tert-OH is 1. The van der Waals surface area contributed by atoms with Crippen molar-refractivity contribution in [3.8, 4) is 0 Å². The van der Waals surface area contributed by atoms with Crippen LogP contribution in [0.25, 0.3) is 0 Å². The molecule has 1 rings (SSSR count). The van der Waals surface area contributed by atoms with E-state index in [1.165, 1.54) is 0 Å². The lowest BCUT2D eigenvalue weighted by Crippen LogP contribution is -2.24. The average Bonchev–Trinajstić information content (AvgIpc) is 2.15. The lowest BCUT2D eigenvalue weighted by atomic mass is 10.3. The number of ether oxygens (including phenoxy) is 1. The van der Waals surface area contributed by atoms with Gasteiger partial charge in [0.05, 0.1) is 12.7 Å². The zero-order valence-corrected chi connectivity index (χ0v) is 9.62. The molecule has 0 saturated carbocycles. The highest BCUT2D eigenvalue weighted by Crippen LogP contribution is 2.15. The van der Waals surface area contributed by atoms with E-state index in [-0.39, 0.29) is 0 Å². The van der Waals surface area contributed by atoms with Crippen LogP contribution in [0.4, 0.5) is 5.69 Å². The Balaban J connectivity index is 2.37. The lowest BCUT2D eigenvalue weighted by molar-refractivity contribution is 0.0727. The molecule has 0 saturated heterocycles. The first-order valence-electron chi connectivity index (χ1n) is 4.39. The number of anilines is 1. The number of methoxy groups -OCH3 is 1. The van der Waals surface area contributed by atoms with Gasteiger partial charge in [0.15, 0.2) is 0 Å². The van der Waals surface area contributed by atoms with Crippen molar-refractivity contribution in [3.05, 3.63) is 28.7 Å². The summed E-state index contributed by atoms with van der Waals surface area (Å²) >= 11 is 3.37. The van der Waals surface area contributed by atoms with E-state index in [4.69, 9.17) is 4.74 Å². The molecule has 14 heavy (non-hydrogen) atoms. The smallest absolute Gasteiger partial charge is 0.0945 e. The van der Waals surface area contributed by atoms with E-state index in [0.29, 0.717) is 13.2 Å². The van der Waals surface area contributed by atoms with Gasteiger partial charge in [-0.05, 0) is 18.2 Å². The molecular weight excluding hydrogens is 246 g/mol. The molecule has 0 spiro atoms. The van der Waals surface area contributed by atoms with Gasteiger partial charge in [0, 0.05) is 23.8 Å². The number of hydrogen-bond acceptors (Lipinski definition) is 3. The SMILES string of the molecule is COCC(O)CNc1cccc(Br)c1. The van der Waals surface area contributed by atoms with E-state index in [0.717, 1.165) is 10.2 Å². The van der Waals surface area contributed by atoms with E-state index in [9.17, 15) is 5.11 Å². The van der Waals surface area contributed by atoms with Crippen molar-refractivity contribution >= 4 is 21.6 Å². The molecule has 78 valence electrons. The van der Waals surface area contributed by atoms with E-state index >= 15 is 0 Å². The van der Waals surface area contributed by atoms with Crippen molar-refractivity contribution < 1.29 is 9.84 Å². The third-order valence-electron chi connectivity index (χ3n) is 1.73. The summed E-state index contributed by atoms with van der Waals surface area (Å²) in [5.41, 5.74) is 0.981.